The molecule has 0 aliphatic heterocycles. The highest BCUT2D eigenvalue weighted by Gasteiger charge is 2.06. The van der Waals surface area contributed by atoms with Gasteiger partial charge in [0.1, 0.15) is 0 Å². The predicted molar refractivity (Wildman–Crippen MR) is 70.2 cm³/mol. The molecule has 0 amide bonds. The Kier molecular flexibility index (Phi) is 6.29. The minimum atomic E-state index is 0.0523. The van der Waals surface area contributed by atoms with E-state index in [1.165, 1.54) is 0 Å². The molecule has 1 aromatic rings. The average Bonchev–Trinajstić information content (AvgIpc) is 2.26. The average molecular weight is 259 g/mol. The molecule has 4 nitrogen and oxygen atoms in total. The summed E-state index contributed by atoms with van der Waals surface area (Å²) < 4.78 is 10.3. The zero-order valence-corrected chi connectivity index (χ0v) is 11.0. The first kappa shape index (κ1) is 14.3. The fourth-order valence-electron chi connectivity index (χ4n) is 1.55. The van der Waals surface area contributed by atoms with Crippen LogP contribution < -0.4 is 11.1 Å². The standard InChI is InChI=1S/C12H19ClN2O2/c1-16-8-12(17-2)7-15-6-9-3-10(13)5-11(14)4-9/h3-5,12,15H,6-8,14H2,1-2H3. The highest BCUT2D eigenvalue weighted by molar-refractivity contribution is 6.30. The summed E-state index contributed by atoms with van der Waals surface area (Å²) in [5.41, 5.74) is 7.44. The van der Waals surface area contributed by atoms with Crippen molar-refractivity contribution >= 4 is 17.3 Å². The van der Waals surface area contributed by atoms with Crippen LogP contribution in [-0.4, -0.2) is 33.5 Å². The number of hydrogen-bond donors (Lipinski definition) is 2. The first-order valence-corrected chi connectivity index (χ1v) is 5.81. The zero-order chi connectivity index (χ0) is 12.7. The predicted octanol–water partition coefficient (Wildman–Crippen LogP) is 1.67. The molecule has 0 radical (unpaired) electrons. The quantitative estimate of drug-likeness (QED) is 0.731. The monoisotopic (exact) mass is 258 g/mol. The summed E-state index contributed by atoms with van der Waals surface area (Å²) in [6, 6.07) is 5.52. The summed E-state index contributed by atoms with van der Waals surface area (Å²) in [6.45, 7) is 1.99. The summed E-state index contributed by atoms with van der Waals surface area (Å²) in [6.07, 6.45) is 0.0523. The van der Waals surface area contributed by atoms with Crippen molar-refractivity contribution in [2.24, 2.45) is 0 Å². The third kappa shape index (κ3) is 5.37. The number of halogens is 1. The fourth-order valence-corrected chi connectivity index (χ4v) is 1.82. The van der Waals surface area contributed by atoms with Crippen LogP contribution in [0.5, 0.6) is 0 Å². The molecule has 0 saturated carbocycles. The Labute approximate surface area is 107 Å². The van der Waals surface area contributed by atoms with Crippen LogP contribution in [0.1, 0.15) is 5.56 Å². The van der Waals surface area contributed by atoms with Crippen LogP contribution in [-0.2, 0) is 16.0 Å². The lowest BCUT2D eigenvalue weighted by Crippen LogP contribution is -2.31. The molecule has 1 rings (SSSR count). The van der Waals surface area contributed by atoms with Gasteiger partial charge < -0.3 is 20.5 Å². The summed E-state index contributed by atoms with van der Waals surface area (Å²) in [5.74, 6) is 0. The number of anilines is 1. The minimum Gasteiger partial charge on any atom is -0.399 e. The van der Waals surface area contributed by atoms with Crippen LogP contribution in [0.25, 0.3) is 0 Å². The van der Waals surface area contributed by atoms with Gasteiger partial charge in [0.05, 0.1) is 12.7 Å². The number of methoxy groups -OCH3 is 2. The lowest BCUT2D eigenvalue weighted by atomic mass is 10.2. The Hall–Kier alpha value is -0.810. The van der Waals surface area contributed by atoms with E-state index < -0.39 is 0 Å². The van der Waals surface area contributed by atoms with Crippen molar-refractivity contribution in [2.75, 3.05) is 33.1 Å². The number of ether oxygens (including phenoxy) is 2. The number of nitrogens with one attached hydrogen (secondary N) is 1. The first-order valence-electron chi connectivity index (χ1n) is 5.43. The Morgan fingerprint density at radius 1 is 1.35 bits per heavy atom. The van der Waals surface area contributed by atoms with Gasteiger partial charge in [-0.3, -0.25) is 0 Å². The summed E-state index contributed by atoms with van der Waals surface area (Å²) in [7, 11) is 3.33. The zero-order valence-electron chi connectivity index (χ0n) is 10.2. The molecule has 17 heavy (non-hydrogen) atoms. The molecule has 0 saturated heterocycles. The molecule has 0 bridgehead atoms. The second-order valence-electron chi connectivity index (χ2n) is 3.84. The maximum atomic E-state index is 5.92. The number of nitrogen functional groups attached to an aromatic ring is 1. The molecule has 1 aromatic carbocycles. The van der Waals surface area contributed by atoms with Gasteiger partial charge in [-0.25, -0.2) is 0 Å². The highest BCUT2D eigenvalue weighted by atomic mass is 35.5. The molecule has 96 valence electrons. The van der Waals surface area contributed by atoms with Crippen LogP contribution in [0, 0.1) is 0 Å². The van der Waals surface area contributed by atoms with E-state index in [0.717, 1.165) is 12.1 Å². The van der Waals surface area contributed by atoms with Crippen molar-refractivity contribution in [2.45, 2.75) is 12.6 Å². The van der Waals surface area contributed by atoms with Crippen LogP contribution in [0.3, 0.4) is 0 Å². The largest absolute Gasteiger partial charge is 0.399 e. The molecular formula is C12H19ClN2O2. The fraction of sp³-hybridized carbons (Fsp3) is 0.500. The maximum Gasteiger partial charge on any atom is 0.0928 e. The molecule has 5 heteroatoms. The van der Waals surface area contributed by atoms with E-state index in [1.54, 1.807) is 20.3 Å². The molecule has 3 N–H and O–H groups in total. The second-order valence-corrected chi connectivity index (χ2v) is 4.27. The van der Waals surface area contributed by atoms with Crippen molar-refractivity contribution < 1.29 is 9.47 Å². The molecule has 0 aromatic heterocycles. The van der Waals surface area contributed by atoms with Gasteiger partial charge >= 0.3 is 0 Å². The topological polar surface area (TPSA) is 56.5 Å². The SMILES string of the molecule is COCC(CNCc1cc(N)cc(Cl)c1)OC. The van der Waals surface area contributed by atoms with E-state index >= 15 is 0 Å². The lowest BCUT2D eigenvalue weighted by molar-refractivity contribution is 0.0288. The number of nitrogens with two attached hydrogens (primary N) is 1. The Morgan fingerprint density at radius 2 is 2.12 bits per heavy atom. The normalized spacial score (nSPS) is 12.6. The second kappa shape index (κ2) is 7.50. The first-order chi connectivity index (χ1) is 8.15. The van der Waals surface area contributed by atoms with Crippen LogP contribution >= 0.6 is 11.6 Å². The molecule has 0 spiro atoms. The minimum absolute atomic E-state index is 0.0523. The third-order valence-corrected chi connectivity index (χ3v) is 2.59. The summed E-state index contributed by atoms with van der Waals surface area (Å²) in [5, 5.41) is 3.93. The van der Waals surface area contributed by atoms with E-state index in [0.29, 0.717) is 23.9 Å². The van der Waals surface area contributed by atoms with Crippen LogP contribution in [0.2, 0.25) is 5.02 Å². The van der Waals surface area contributed by atoms with E-state index in [-0.39, 0.29) is 6.10 Å². The third-order valence-electron chi connectivity index (χ3n) is 2.37. The van der Waals surface area contributed by atoms with Gasteiger partial charge in [0.2, 0.25) is 0 Å². The summed E-state index contributed by atoms with van der Waals surface area (Å²) >= 11 is 5.92. The molecule has 0 heterocycles. The molecule has 0 fully saturated rings. The Bertz CT molecular complexity index is 327. The highest BCUT2D eigenvalue weighted by Crippen LogP contribution is 2.16. The van der Waals surface area contributed by atoms with Gasteiger partial charge in [0.25, 0.3) is 0 Å². The molecular weight excluding hydrogens is 240 g/mol. The van der Waals surface area contributed by atoms with Gasteiger partial charge in [-0.2, -0.15) is 0 Å². The van der Waals surface area contributed by atoms with Crippen molar-refractivity contribution in [1.82, 2.24) is 5.32 Å². The van der Waals surface area contributed by atoms with Gasteiger partial charge in [-0.05, 0) is 23.8 Å². The van der Waals surface area contributed by atoms with Gasteiger partial charge in [-0.1, -0.05) is 11.6 Å². The van der Waals surface area contributed by atoms with Gasteiger partial charge in [0, 0.05) is 38.0 Å². The van der Waals surface area contributed by atoms with E-state index in [1.807, 2.05) is 12.1 Å². The van der Waals surface area contributed by atoms with Crippen molar-refractivity contribution in [3.8, 4) is 0 Å². The smallest absolute Gasteiger partial charge is 0.0928 e. The van der Waals surface area contributed by atoms with E-state index in [9.17, 15) is 0 Å². The van der Waals surface area contributed by atoms with Gasteiger partial charge in [-0.15, -0.1) is 0 Å². The van der Waals surface area contributed by atoms with Gasteiger partial charge in [0.15, 0.2) is 0 Å². The lowest BCUT2D eigenvalue weighted by Gasteiger charge is -2.15. The van der Waals surface area contributed by atoms with Crippen LogP contribution in [0.15, 0.2) is 18.2 Å². The van der Waals surface area contributed by atoms with Crippen molar-refractivity contribution in [3.05, 3.63) is 28.8 Å². The van der Waals surface area contributed by atoms with Crippen molar-refractivity contribution in [3.63, 3.8) is 0 Å². The van der Waals surface area contributed by atoms with E-state index in [2.05, 4.69) is 5.32 Å². The van der Waals surface area contributed by atoms with E-state index in [4.69, 9.17) is 26.8 Å². The Morgan fingerprint density at radius 3 is 2.71 bits per heavy atom. The van der Waals surface area contributed by atoms with Crippen molar-refractivity contribution in [1.29, 1.82) is 0 Å². The molecule has 0 aliphatic rings. The maximum absolute atomic E-state index is 5.92. The molecule has 0 aliphatic carbocycles. The molecule has 1 unspecified atom stereocenters. The summed E-state index contributed by atoms with van der Waals surface area (Å²) in [4.78, 5) is 0. The molecule has 1 atom stereocenters. The Balaban J connectivity index is 2.39. The number of benzene rings is 1. The number of rotatable bonds is 7. The number of hydrogen-bond acceptors (Lipinski definition) is 4. The van der Waals surface area contributed by atoms with Crippen LogP contribution in [0.4, 0.5) is 5.69 Å².